The maximum atomic E-state index is 13.0. The van der Waals surface area contributed by atoms with E-state index in [9.17, 15) is 22.0 Å². The average molecular weight is 469 g/mol. The van der Waals surface area contributed by atoms with Crippen molar-refractivity contribution in [3.63, 3.8) is 0 Å². The zero-order chi connectivity index (χ0) is 23.9. The van der Waals surface area contributed by atoms with Gasteiger partial charge in [-0.1, -0.05) is 81.8 Å². The number of rotatable bonds is 10. The van der Waals surface area contributed by atoms with E-state index in [1.807, 2.05) is 12.1 Å². The van der Waals surface area contributed by atoms with Gasteiger partial charge >= 0.3 is 12.3 Å². The molecule has 0 aliphatic heterocycles. The van der Waals surface area contributed by atoms with E-state index >= 15 is 0 Å². The van der Waals surface area contributed by atoms with Gasteiger partial charge in [-0.05, 0) is 66.3 Å². The van der Waals surface area contributed by atoms with Gasteiger partial charge in [-0.25, -0.2) is 0 Å². The van der Waals surface area contributed by atoms with Gasteiger partial charge in [0.2, 0.25) is 0 Å². The lowest BCUT2D eigenvalue weighted by molar-refractivity contribution is -0.360. The van der Waals surface area contributed by atoms with Crippen molar-refractivity contribution in [3.05, 3.63) is 54.1 Å². The van der Waals surface area contributed by atoms with Gasteiger partial charge < -0.3 is 4.74 Å². The van der Waals surface area contributed by atoms with E-state index in [2.05, 4.69) is 23.8 Å². The van der Waals surface area contributed by atoms with Crippen LogP contribution < -0.4 is 4.74 Å². The van der Waals surface area contributed by atoms with Crippen LogP contribution in [0.5, 0.6) is 5.75 Å². The fraction of sp³-hybridized carbons (Fsp3) is 0.556. The molecule has 0 heterocycles. The standard InChI is InChI=1S/C27H33F5O/c1-2-3-4-5-6-7-20-8-10-21(11-9-20)22-12-14-23(15-13-22)24-16-18-25(19-17-24)33-27(31,32)26(28,29)30/h12-21H,2-11H2,1H3. The van der Waals surface area contributed by atoms with E-state index in [-0.39, 0.29) is 0 Å². The summed E-state index contributed by atoms with van der Waals surface area (Å²) < 4.78 is 66.8. The lowest BCUT2D eigenvalue weighted by Crippen LogP contribution is -2.41. The molecule has 1 fully saturated rings. The number of unbranched alkanes of at least 4 members (excludes halogenated alkanes) is 4. The van der Waals surface area contributed by atoms with Crippen LogP contribution in [-0.4, -0.2) is 12.3 Å². The molecule has 182 valence electrons. The lowest BCUT2D eigenvalue weighted by Gasteiger charge is -2.29. The Morgan fingerprint density at radius 2 is 1.27 bits per heavy atom. The third-order valence-corrected chi connectivity index (χ3v) is 6.71. The number of hydrogen-bond acceptors (Lipinski definition) is 1. The van der Waals surface area contributed by atoms with Crippen LogP contribution in [0.4, 0.5) is 22.0 Å². The van der Waals surface area contributed by atoms with E-state index in [4.69, 9.17) is 0 Å². The van der Waals surface area contributed by atoms with E-state index in [1.165, 1.54) is 81.9 Å². The molecular formula is C27H33F5O. The summed E-state index contributed by atoms with van der Waals surface area (Å²) in [6.07, 6.45) is 2.04. The molecular weight excluding hydrogens is 435 g/mol. The highest BCUT2D eigenvalue weighted by Gasteiger charge is 2.61. The molecule has 1 nitrogen and oxygen atoms in total. The van der Waals surface area contributed by atoms with Gasteiger partial charge in [0, 0.05) is 0 Å². The summed E-state index contributed by atoms with van der Waals surface area (Å²) in [7, 11) is 0. The predicted molar refractivity (Wildman–Crippen MR) is 122 cm³/mol. The van der Waals surface area contributed by atoms with Crippen molar-refractivity contribution in [2.75, 3.05) is 0 Å². The largest absolute Gasteiger partial charge is 0.499 e. The van der Waals surface area contributed by atoms with E-state index in [1.54, 1.807) is 0 Å². The third kappa shape index (κ3) is 7.18. The maximum Gasteiger partial charge on any atom is 0.499 e. The predicted octanol–water partition coefficient (Wildman–Crippen LogP) is 9.52. The molecule has 0 atom stereocenters. The highest BCUT2D eigenvalue weighted by atomic mass is 19.4. The number of benzene rings is 2. The van der Waals surface area contributed by atoms with E-state index < -0.39 is 18.0 Å². The summed E-state index contributed by atoms with van der Waals surface area (Å²) in [4.78, 5) is 0. The first-order chi connectivity index (χ1) is 15.7. The Morgan fingerprint density at radius 3 is 1.82 bits per heavy atom. The number of alkyl halides is 5. The van der Waals surface area contributed by atoms with Gasteiger partial charge in [-0.2, -0.15) is 22.0 Å². The Balaban J connectivity index is 1.50. The Labute approximate surface area is 193 Å². The van der Waals surface area contributed by atoms with E-state index in [0.717, 1.165) is 29.2 Å². The highest BCUT2D eigenvalue weighted by Crippen LogP contribution is 2.39. The van der Waals surface area contributed by atoms with Gasteiger partial charge in [0.05, 0.1) is 0 Å². The quantitative estimate of drug-likeness (QED) is 0.249. The van der Waals surface area contributed by atoms with Gasteiger partial charge in [0.1, 0.15) is 5.75 Å². The third-order valence-electron chi connectivity index (χ3n) is 6.71. The minimum absolute atomic E-state index is 0.528. The summed E-state index contributed by atoms with van der Waals surface area (Å²) in [5.74, 6) is 0.892. The molecule has 3 rings (SSSR count). The van der Waals surface area contributed by atoms with Crippen molar-refractivity contribution in [1.29, 1.82) is 0 Å². The molecule has 0 spiro atoms. The second-order valence-corrected chi connectivity index (χ2v) is 9.18. The monoisotopic (exact) mass is 468 g/mol. The van der Waals surface area contributed by atoms with Crippen molar-refractivity contribution in [1.82, 2.24) is 0 Å². The van der Waals surface area contributed by atoms with Crippen LogP contribution in [0, 0.1) is 5.92 Å². The number of ether oxygens (including phenoxy) is 1. The summed E-state index contributed by atoms with van der Waals surface area (Å²) in [5, 5.41) is 0. The van der Waals surface area contributed by atoms with E-state index in [0.29, 0.717) is 5.92 Å². The van der Waals surface area contributed by atoms with Gasteiger partial charge in [-0.15, -0.1) is 0 Å². The summed E-state index contributed by atoms with van der Waals surface area (Å²) in [6, 6.07) is 13.4. The fourth-order valence-electron chi connectivity index (χ4n) is 4.69. The minimum atomic E-state index is -5.75. The molecule has 33 heavy (non-hydrogen) atoms. The zero-order valence-electron chi connectivity index (χ0n) is 19.1. The van der Waals surface area contributed by atoms with Gasteiger partial charge in [-0.3, -0.25) is 0 Å². The molecule has 2 aromatic rings. The van der Waals surface area contributed by atoms with Crippen molar-refractivity contribution >= 4 is 0 Å². The minimum Gasteiger partial charge on any atom is -0.426 e. The fourth-order valence-corrected chi connectivity index (χ4v) is 4.69. The second-order valence-electron chi connectivity index (χ2n) is 9.18. The molecule has 0 unspecified atom stereocenters. The molecule has 2 aromatic carbocycles. The number of halogens is 5. The van der Waals surface area contributed by atoms with Crippen LogP contribution in [0.25, 0.3) is 11.1 Å². The molecule has 0 saturated heterocycles. The first-order valence-electron chi connectivity index (χ1n) is 12.0. The van der Waals surface area contributed by atoms with Crippen LogP contribution in [0.15, 0.2) is 48.5 Å². The Bertz CT molecular complexity index is 834. The highest BCUT2D eigenvalue weighted by molar-refractivity contribution is 5.64. The summed E-state index contributed by atoms with van der Waals surface area (Å²) >= 11 is 0. The molecule has 1 aliphatic rings. The first kappa shape index (κ1) is 25.5. The summed E-state index contributed by atoms with van der Waals surface area (Å²) in [5.41, 5.74) is 2.93. The van der Waals surface area contributed by atoms with Gasteiger partial charge in [0.25, 0.3) is 0 Å². The van der Waals surface area contributed by atoms with Crippen LogP contribution in [0.1, 0.15) is 82.6 Å². The van der Waals surface area contributed by atoms with Crippen LogP contribution in [-0.2, 0) is 0 Å². The topological polar surface area (TPSA) is 9.23 Å². The molecule has 1 aliphatic carbocycles. The molecule has 0 aromatic heterocycles. The summed E-state index contributed by atoms with van der Waals surface area (Å²) in [6.45, 7) is 2.24. The first-order valence-corrected chi connectivity index (χ1v) is 12.0. The second kappa shape index (κ2) is 11.3. The molecule has 0 radical (unpaired) electrons. The molecule has 6 heteroatoms. The van der Waals surface area contributed by atoms with Crippen molar-refractivity contribution < 1.29 is 26.7 Å². The zero-order valence-corrected chi connectivity index (χ0v) is 19.1. The number of hydrogen-bond donors (Lipinski definition) is 0. The molecule has 0 amide bonds. The van der Waals surface area contributed by atoms with Crippen molar-refractivity contribution in [2.45, 2.75) is 89.3 Å². The normalized spacial score (nSPS) is 19.5. The smallest absolute Gasteiger partial charge is 0.426 e. The van der Waals surface area contributed by atoms with Crippen LogP contribution in [0.3, 0.4) is 0 Å². The SMILES string of the molecule is CCCCCCCC1CCC(c2ccc(-c3ccc(OC(F)(F)C(F)(F)F)cc3)cc2)CC1. The Hall–Kier alpha value is -2.11. The van der Waals surface area contributed by atoms with Gasteiger partial charge in [0.15, 0.2) is 0 Å². The van der Waals surface area contributed by atoms with Crippen molar-refractivity contribution in [3.8, 4) is 16.9 Å². The maximum absolute atomic E-state index is 13.0. The average Bonchev–Trinajstić information content (AvgIpc) is 2.79. The molecule has 0 bridgehead atoms. The van der Waals surface area contributed by atoms with Crippen molar-refractivity contribution in [2.24, 2.45) is 5.92 Å². The molecule has 0 N–H and O–H groups in total. The Kier molecular flexibility index (Phi) is 8.77. The van der Waals surface area contributed by atoms with Crippen LogP contribution >= 0.6 is 0 Å². The van der Waals surface area contributed by atoms with Crippen LogP contribution in [0.2, 0.25) is 0 Å². The lowest BCUT2D eigenvalue weighted by atomic mass is 9.77. The molecule has 1 saturated carbocycles. The Morgan fingerprint density at radius 1 is 0.727 bits per heavy atom.